The number of hydrogen-bond donors (Lipinski definition) is 0. The highest BCUT2D eigenvalue weighted by molar-refractivity contribution is 5.49. The summed E-state index contributed by atoms with van der Waals surface area (Å²) in [5.74, 6) is -1.27. The van der Waals surface area contributed by atoms with Gasteiger partial charge < -0.3 is 14.9 Å². The van der Waals surface area contributed by atoms with E-state index in [1.807, 2.05) is 0 Å². The molecule has 0 saturated heterocycles. The number of hydrogen-bond acceptors (Lipinski definition) is 5. The summed E-state index contributed by atoms with van der Waals surface area (Å²) >= 11 is 0. The van der Waals surface area contributed by atoms with Gasteiger partial charge in [-0.15, -0.1) is 0 Å². The van der Waals surface area contributed by atoms with Crippen LogP contribution in [0.25, 0.3) is 0 Å². The van der Waals surface area contributed by atoms with Crippen LogP contribution < -0.4 is 4.74 Å². The molecule has 0 fully saturated rings. The second-order valence-electron chi connectivity index (χ2n) is 2.62. The number of aromatic nitrogens is 1. The van der Waals surface area contributed by atoms with Crippen LogP contribution in [-0.4, -0.2) is 17.0 Å². The summed E-state index contributed by atoms with van der Waals surface area (Å²) in [5, 5.41) is 19.0. The van der Waals surface area contributed by atoms with Crippen molar-refractivity contribution in [1.82, 2.24) is 4.98 Å². The number of nitrogens with zero attached hydrogens (tertiary/aromatic N) is 3. The van der Waals surface area contributed by atoms with Gasteiger partial charge in [-0.1, -0.05) is 0 Å². The molecule has 8 heteroatoms. The summed E-state index contributed by atoms with van der Waals surface area (Å²) < 4.78 is 29.6. The fourth-order valence-electron chi connectivity index (χ4n) is 1.05. The normalized spacial score (nSPS) is 9.94. The van der Waals surface area contributed by atoms with Gasteiger partial charge in [-0.25, -0.2) is 8.78 Å². The number of nitriles is 1. The van der Waals surface area contributed by atoms with Crippen molar-refractivity contribution in [2.75, 3.05) is 7.11 Å². The predicted octanol–water partition coefficient (Wildman–Crippen LogP) is 1.81. The minimum absolute atomic E-state index is 0.480. The molecule has 0 saturated carbocycles. The number of nitro groups is 1. The van der Waals surface area contributed by atoms with Crippen molar-refractivity contribution in [1.29, 1.82) is 5.26 Å². The van der Waals surface area contributed by atoms with E-state index in [1.54, 1.807) is 0 Å². The van der Waals surface area contributed by atoms with Gasteiger partial charge in [0.15, 0.2) is 5.56 Å². The molecular weight excluding hydrogens is 224 g/mol. The third-order valence-electron chi connectivity index (χ3n) is 1.73. The van der Waals surface area contributed by atoms with Gasteiger partial charge in [0.1, 0.15) is 6.07 Å². The van der Waals surface area contributed by atoms with Crippen LogP contribution in [0.3, 0.4) is 0 Å². The highest BCUT2D eigenvalue weighted by atomic mass is 19.3. The van der Waals surface area contributed by atoms with Crippen LogP contribution >= 0.6 is 0 Å². The molecule has 0 radical (unpaired) electrons. The summed E-state index contributed by atoms with van der Waals surface area (Å²) in [4.78, 5) is 12.8. The molecule has 0 atom stereocenters. The van der Waals surface area contributed by atoms with Crippen molar-refractivity contribution >= 4 is 5.82 Å². The SMILES string of the molecule is COc1nc([N+](=O)[O-])cc(C(F)F)c1C#N. The van der Waals surface area contributed by atoms with E-state index in [0.29, 0.717) is 6.07 Å². The highest BCUT2D eigenvalue weighted by Crippen LogP contribution is 2.30. The molecule has 0 aliphatic heterocycles. The Bertz CT molecular complexity index is 470. The van der Waals surface area contributed by atoms with E-state index in [-0.39, 0.29) is 0 Å². The number of pyridine rings is 1. The Labute approximate surface area is 88.2 Å². The van der Waals surface area contributed by atoms with Gasteiger partial charge in [-0.3, -0.25) is 0 Å². The summed E-state index contributed by atoms with van der Waals surface area (Å²) in [5.41, 5.74) is -1.26. The Morgan fingerprint density at radius 1 is 1.69 bits per heavy atom. The van der Waals surface area contributed by atoms with Gasteiger partial charge in [-0.05, 0) is 4.92 Å². The first-order valence-corrected chi connectivity index (χ1v) is 3.92. The molecule has 0 spiro atoms. The van der Waals surface area contributed by atoms with Crippen LogP contribution in [0.5, 0.6) is 5.88 Å². The summed E-state index contributed by atoms with van der Waals surface area (Å²) in [7, 11) is 1.09. The monoisotopic (exact) mass is 229 g/mol. The first kappa shape index (κ1) is 11.8. The molecule has 1 heterocycles. The molecule has 1 aromatic heterocycles. The van der Waals surface area contributed by atoms with E-state index in [0.717, 1.165) is 7.11 Å². The first-order valence-electron chi connectivity index (χ1n) is 3.92. The van der Waals surface area contributed by atoms with E-state index in [2.05, 4.69) is 9.72 Å². The van der Waals surface area contributed by atoms with E-state index in [9.17, 15) is 18.9 Å². The smallest absolute Gasteiger partial charge is 0.368 e. The molecule has 0 aliphatic rings. The fraction of sp³-hybridized carbons (Fsp3) is 0.250. The molecule has 16 heavy (non-hydrogen) atoms. The molecule has 1 aromatic rings. The Hall–Kier alpha value is -2.30. The van der Waals surface area contributed by atoms with Crippen molar-refractivity contribution in [2.45, 2.75) is 6.43 Å². The van der Waals surface area contributed by atoms with Crippen LogP contribution in [0, 0.1) is 21.4 Å². The van der Waals surface area contributed by atoms with Gasteiger partial charge in [0.05, 0.1) is 12.7 Å². The van der Waals surface area contributed by atoms with E-state index in [1.165, 1.54) is 6.07 Å². The van der Waals surface area contributed by atoms with Crippen LogP contribution in [0.15, 0.2) is 6.07 Å². The first-order chi connectivity index (χ1) is 7.51. The average Bonchev–Trinajstić information content (AvgIpc) is 2.26. The Kier molecular flexibility index (Phi) is 3.30. The molecule has 0 aromatic carbocycles. The minimum Gasteiger partial charge on any atom is -0.462 e. The fourth-order valence-corrected chi connectivity index (χ4v) is 1.05. The minimum atomic E-state index is -3.01. The second-order valence-corrected chi connectivity index (χ2v) is 2.62. The van der Waals surface area contributed by atoms with Crippen molar-refractivity contribution in [3.63, 3.8) is 0 Å². The Balaban J connectivity index is 3.51. The number of ether oxygens (including phenoxy) is 1. The van der Waals surface area contributed by atoms with Gasteiger partial charge >= 0.3 is 11.7 Å². The van der Waals surface area contributed by atoms with Crippen LogP contribution in [0.1, 0.15) is 17.6 Å². The van der Waals surface area contributed by atoms with Gasteiger partial charge in [0.25, 0.3) is 6.43 Å². The molecule has 84 valence electrons. The second kappa shape index (κ2) is 4.48. The lowest BCUT2D eigenvalue weighted by Gasteiger charge is -2.04. The quantitative estimate of drug-likeness (QED) is 0.582. The summed E-state index contributed by atoms with van der Waals surface area (Å²) in [6, 6.07) is 2.03. The predicted molar refractivity (Wildman–Crippen MR) is 47.1 cm³/mol. The van der Waals surface area contributed by atoms with Crippen LogP contribution in [0.4, 0.5) is 14.6 Å². The third kappa shape index (κ3) is 2.03. The van der Waals surface area contributed by atoms with Crippen molar-refractivity contribution in [3.8, 4) is 11.9 Å². The molecule has 0 aliphatic carbocycles. The van der Waals surface area contributed by atoms with Gasteiger partial charge in [0.2, 0.25) is 0 Å². The molecule has 0 amide bonds. The number of alkyl halides is 2. The molecule has 0 unspecified atom stereocenters. The zero-order chi connectivity index (χ0) is 12.3. The molecule has 1 rings (SSSR count). The average molecular weight is 229 g/mol. The lowest BCUT2D eigenvalue weighted by Crippen LogP contribution is -2.02. The highest BCUT2D eigenvalue weighted by Gasteiger charge is 2.26. The maximum absolute atomic E-state index is 12.5. The zero-order valence-electron chi connectivity index (χ0n) is 7.98. The lowest BCUT2D eigenvalue weighted by molar-refractivity contribution is -0.389. The Morgan fingerprint density at radius 3 is 2.69 bits per heavy atom. The number of rotatable bonds is 3. The summed E-state index contributed by atoms with van der Waals surface area (Å²) in [6.07, 6.45) is -3.01. The van der Waals surface area contributed by atoms with Crippen molar-refractivity contribution in [2.24, 2.45) is 0 Å². The van der Waals surface area contributed by atoms with Crippen LogP contribution in [0.2, 0.25) is 0 Å². The van der Waals surface area contributed by atoms with E-state index < -0.39 is 34.2 Å². The zero-order valence-corrected chi connectivity index (χ0v) is 7.98. The van der Waals surface area contributed by atoms with Crippen molar-refractivity contribution < 1.29 is 18.4 Å². The van der Waals surface area contributed by atoms with Gasteiger partial charge in [-0.2, -0.15) is 5.26 Å². The topological polar surface area (TPSA) is 89.1 Å². The van der Waals surface area contributed by atoms with E-state index >= 15 is 0 Å². The van der Waals surface area contributed by atoms with E-state index in [4.69, 9.17) is 5.26 Å². The largest absolute Gasteiger partial charge is 0.462 e. The van der Waals surface area contributed by atoms with Gasteiger partial charge in [0, 0.05) is 11.1 Å². The lowest BCUT2D eigenvalue weighted by atomic mass is 10.1. The molecule has 6 nitrogen and oxygen atoms in total. The summed E-state index contributed by atoms with van der Waals surface area (Å²) in [6.45, 7) is 0. The van der Waals surface area contributed by atoms with Crippen molar-refractivity contribution in [3.05, 3.63) is 27.3 Å². The maximum Gasteiger partial charge on any atom is 0.368 e. The maximum atomic E-state index is 12.5. The molecular formula is C8H5F2N3O3. The molecule has 0 N–H and O–H groups in total. The standard InChI is InChI=1S/C8H5F2N3O3/c1-16-8-5(3-11)4(7(9)10)2-6(12-8)13(14)15/h2,7H,1H3. The van der Waals surface area contributed by atoms with Crippen LogP contribution in [-0.2, 0) is 0 Å². The number of methoxy groups -OCH3 is 1. The third-order valence-corrected chi connectivity index (χ3v) is 1.73. The Morgan fingerprint density at radius 2 is 2.31 bits per heavy atom. The molecule has 0 bridgehead atoms. The number of halogens is 2.